The summed E-state index contributed by atoms with van der Waals surface area (Å²) in [6.07, 6.45) is 0.0988. The Morgan fingerprint density at radius 3 is 2.70 bits per heavy atom. The van der Waals surface area contributed by atoms with Gasteiger partial charge < -0.3 is 5.11 Å². The number of halogens is 2. The van der Waals surface area contributed by atoms with Crippen LogP contribution < -0.4 is 0 Å². The zero-order valence-corrected chi connectivity index (χ0v) is 12.6. The highest BCUT2D eigenvalue weighted by atomic mass is 35.5. The van der Waals surface area contributed by atoms with Crippen LogP contribution in [0.4, 0.5) is 4.39 Å². The van der Waals surface area contributed by atoms with Crippen molar-refractivity contribution < 1.29 is 9.50 Å². The lowest BCUT2D eigenvalue weighted by Crippen LogP contribution is -2.07. The number of nitrogens with zero attached hydrogens (tertiary/aromatic N) is 2. The second-order valence-corrected chi connectivity index (χ2v) is 5.34. The van der Waals surface area contributed by atoms with Gasteiger partial charge in [0, 0.05) is 21.8 Å². The number of hydrogen-bond donors (Lipinski definition) is 1. The highest BCUT2D eigenvalue weighted by Crippen LogP contribution is 2.25. The summed E-state index contributed by atoms with van der Waals surface area (Å²) in [7, 11) is 0. The van der Waals surface area contributed by atoms with Crippen molar-refractivity contribution in [3.63, 3.8) is 0 Å². The van der Waals surface area contributed by atoms with Gasteiger partial charge in [-0.15, -0.1) is 0 Å². The molecule has 1 N–H and O–H groups in total. The molecule has 0 fully saturated rings. The summed E-state index contributed by atoms with van der Waals surface area (Å²) in [6, 6.07) is 4.61. The van der Waals surface area contributed by atoms with Gasteiger partial charge >= 0.3 is 0 Å². The van der Waals surface area contributed by atoms with Crippen LogP contribution >= 0.6 is 11.6 Å². The highest BCUT2D eigenvalue weighted by Gasteiger charge is 2.18. The Bertz CT molecular complexity index is 625. The van der Waals surface area contributed by atoms with Crippen LogP contribution in [0.15, 0.2) is 18.2 Å². The predicted molar refractivity (Wildman–Crippen MR) is 77.5 cm³/mol. The molecule has 0 aliphatic carbocycles. The minimum absolute atomic E-state index is 0.326. The Morgan fingerprint density at radius 1 is 1.40 bits per heavy atom. The first-order valence-corrected chi connectivity index (χ1v) is 6.97. The van der Waals surface area contributed by atoms with E-state index in [1.54, 1.807) is 16.8 Å². The highest BCUT2D eigenvalue weighted by molar-refractivity contribution is 6.30. The molecule has 2 rings (SSSR count). The van der Waals surface area contributed by atoms with Gasteiger partial charge in [-0.2, -0.15) is 5.10 Å². The third kappa shape index (κ3) is 2.86. The molecule has 0 spiro atoms. The molecule has 1 aromatic carbocycles. The summed E-state index contributed by atoms with van der Waals surface area (Å²) >= 11 is 5.75. The van der Waals surface area contributed by atoms with E-state index in [1.165, 1.54) is 6.07 Å². The molecular formula is C15H18ClFN2O. The van der Waals surface area contributed by atoms with Crippen molar-refractivity contribution in [1.82, 2.24) is 9.78 Å². The summed E-state index contributed by atoms with van der Waals surface area (Å²) in [6.45, 7) is 5.99. The van der Waals surface area contributed by atoms with E-state index in [-0.39, 0.29) is 5.82 Å². The molecule has 0 bridgehead atoms. The predicted octanol–water partition coefficient (Wildman–Crippen LogP) is 3.78. The molecule has 3 nitrogen and oxygen atoms in total. The van der Waals surface area contributed by atoms with Crippen molar-refractivity contribution in [3.8, 4) is 0 Å². The first kappa shape index (κ1) is 15.0. The summed E-state index contributed by atoms with van der Waals surface area (Å²) in [4.78, 5) is 0. The normalized spacial score (nSPS) is 12.7. The molecule has 2 aromatic rings. The molecule has 1 unspecified atom stereocenters. The molecule has 0 aliphatic rings. The largest absolute Gasteiger partial charge is 0.388 e. The Balaban J connectivity index is 2.35. The van der Waals surface area contributed by atoms with Gasteiger partial charge in [0.15, 0.2) is 0 Å². The SMILES string of the molecule is CCC(O)c1c(C)nn(Cc2ccc(Cl)cc2F)c1C. The van der Waals surface area contributed by atoms with Crippen LogP contribution in [0.5, 0.6) is 0 Å². The topological polar surface area (TPSA) is 38.1 Å². The minimum atomic E-state index is -0.529. The zero-order chi connectivity index (χ0) is 14.9. The molecule has 5 heteroatoms. The van der Waals surface area contributed by atoms with E-state index in [0.717, 1.165) is 17.0 Å². The Kier molecular flexibility index (Phi) is 4.45. The fourth-order valence-electron chi connectivity index (χ4n) is 2.36. The summed E-state index contributed by atoms with van der Waals surface area (Å²) in [5.74, 6) is -0.345. The van der Waals surface area contributed by atoms with Crippen molar-refractivity contribution >= 4 is 11.6 Å². The number of aryl methyl sites for hydroxylation is 1. The van der Waals surface area contributed by atoms with Gasteiger partial charge in [-0.05, 0) is 32.4 Å². The van der Waals surface area contributed by atoms with Crippen LogP contribution in [-0.4, -0.2) is 14.9 Å². The second kappa shape index (κ2) is 5.94. The Morgan fingerprint density at radius 2 is 2.10 bits per heavy atom. The molecule has 0 amide bonds. The molecule has 0 aliphatic heterocycles. The van der Waals surface area contributed by atoms with Gasteiger partial charge in [0.1, 0.15) is 5.82 Å². The third-order valence-electron chi connectivity index (χ3n) is 3.49. The maximum Gasteiger partial charge on any atom is 0.129 e. The number of hydrogen-bond acceptors (Lipinski definition) is 2. The van der Waals surface area contributed by atoms with Crippen LogP contribution in [0.3, 0.4) is 0 Å². The summed E-state index contributed by atoms with van der Waals surface area (Å²) < 4.78 is 15.5. The molecule has 1 aromatic heterocycles. The molecule has 1 atom stereocenters. The maximum absolute atomic E-state index is 13.8. The van der Waals surface area contributed by atoms with E-state index in [2.05, 4.69) is 5.10 Å². The average Bonchev–Trinajstić information content (AvgIpc) is 2.67. The van der Waals surface area contributed by atoms with Crippen LogP contribution in [-0.2, 0) is 6.54 Å². The van der Waals surface area contributed by atoms with E-state index in [1.807, 2.05) is 20.8 Å². The van der Waals surface area contributed by atoms with Gasteiger partial charge in [-0.3, -0.25) is 4.68 Å². The third-order valence-corrected chi connectivity index (χ3v) is 3.73. The van der Waals surface area contributed by atoms with Gasteiger partial charge in [0.2, 0.25) is 0 Å². The smallest absolute Gasteiger partial charge is 0.129 e. The lowest BCUT2D eigenvalue weighted by atomic mass is 10.1. The number of aromatic nitrogens is 2. The lowest BCUT2D eigenvalue weighted by molar-refractivity contribution is 0.172. The first-order valence-electron chi connectivity index (χ1n) is 6.60. The maximum atomic E-state index is 13.8. The van der Waals surface area contributed by atoms with Gasteiger partial charge in [0.05, 0.1) is 18.3 Å². The van der Waals surface area contributed by atoms with Gasteiger partial charge in [0.25, 0.3) is 0 Å². The van der Waals surface area contributed by atoms with Crippen molar-refractivity contribution in [2.45, 2.75) is 39.8 Å². The number of aliphatic hydroxyl groups is 1. The van der Waals surface area contributed by atoms with Gasteiger partial charge in [-0.1, -0.05) is 24.6 Å². The molecule has 20 heavy (non-hydrogen) atoms. The minimum Gasteiger partial charge on any atom is -0.388 e. The van der Waals surface area contributed by atoms with Crippen LogP contribution in [0.25, 0.3) is 0 Å². The first-order chi connectivity index (χ1) is 9.43. The van der Waals surface area contributed by atoms with E-state index < -0.39 is 6.10 Å². The lowest BCUT2D eigenvalue weighted by Gasteiger charge is -2.10. The summed E-state index contributed by atoms with van der Waals surface area (Å²) in [5, 5.41) is 14.8. The van der Waals surface area contributed by atoms with Crippen molar-refractivity contribution in [2.24, 2.45) is 0 Å². The van der Waals surface area contributed by atoms with Crippen LogP contribution in [0.2, 0.25) is 5.02 Å². The van der Waals surface area contributed by atoms with Crippen molar-refractivity contribution in [2.75, 3.05) is 0 Å². The van der Waals surface area contributed by atoms with E-state index in [9.17, 15) is 9.50 Å². The van der Waals surface area contributed by atoms with Crippen molar-refractivity contribution in [3.05, 3.63) is 51.6 Å². The number of aliphatic hydroxyl groups excluding tert-OH is 1. The fraction of sp³-hybridized carbons (Fsp3) is 0.400. The van der Waals surface area contributed by atoms with Gasteiger partial charge in [-0.25, -0.2) is 4.39 Å². The quantitative estimate of drug-likeness (QED) is 0.932. The second-order valence-electron chi connectivity index (χ2n) is 4.90. The number of rotatable bonds is 4. The van der Waals surface area contributed by atoms with Crippen LogP contribution in [0, 0.1) is 19.7 Å². The molecule has 1 heterocycles. The average molecular weight is 297 g/mol. The van der Waals surface area contributed by atoms with Crippen LogP contribution in [0.1, 0.15) is 42.0 Å². The Hall–Kier alpha value is -1.39. The molecular weight excluding hydrogens is 279 g/mol. The number of benzene rings is 1. The summed E-state index contributed by atoms with van der Waals surface area (Å²) in [5.41, 5.74) is 3.01. The standard InChI is InChI=1S/C15H18ClFN2O/c1-4-14(20)15-9(2)18-19(10(15)3)8-11-5-6-12(16)7-13(11)17/h5-7,14,20H,4,8H2,1-3H3. The molecule has 0 radical (unpaired) electrons. The monoisotopic (exact) mass is 296 g/mol. The molecule has 0 saturated carbocycles. The Labute approximate surface area is 123 Å². The zero-order valence-electron chi connectivity index (χ0n) is 11.8. The van der Waals surface area contributed by atoms with Crippen molar-refractivity contribution in [1.29, 1.82) is 0 Å². The molecule has 0 saturated heterocycles. The van der Waals surface area contributed by atoms with E-state index in [4.69, 9.17) is 11.6 Å². The molecule has 108 valence electrons. The van der Waals surface area contributed by atoms with E-state index in [0.29, 0.717) is 23.6 Å². The van der Waals surface area contributed by atoms with E-state index >= 15 is 0 Å². The fourth-order valence-corrected chi connectivity index (χ4v) is 2.52.